The molecule has 3 aromatic heterocycles. The van der Waals surface area contributed by atoms with Crippen molar-refractivity contribution >= 4 is 11.7 Å². The van der Waals surface area contributed by atoms with E-state index in [0.717, 1.165) is 15.8 Å². The van der Waals surface area contributed by atoms with Gasteiger partial charge in [-0.25, -0.2) is 17.6 Å². The standard InChI is InChI=1S/C22H19F4N5O2/c1-13-3-2-4-14(9-13)11-30-8-7-19(29-30)27-22(32)18-6-5-15(33-18)12-31-17(21(25)26)10-16(28-31)20(23)24/h2-10,20-21H,11-12H2,1H3,(H,27,29,32). The van der Waals surface area contributed by atoms with Gasteiger partial charge in [-0.1, -0.05) is 29.8 Å². The molecule has 0 unspecified atom stereocenters. The van der Waals surface area contributed by atoms with Crippen LogP contribution in [0.5, 0.6) is 0 Å². The molecule has 1 aromatic carbocycles. The van der Waals surface area contributed by atoms with Gasteiger partial charge in [-0.3, -0.25) is 14.2 Å². The lowest BCUT2D eigenvalue weighted by molar-refractivity contribution is 0.0993. The molecule has 1 amide bonds. The largest absolute Gasteiger partial charge is 0.454 e. The Labute approximate surface area is 185 Å². The van der Waals surface area contributed by atoms with Crippen LogP contribution in [0.15, 0.2) is 59.1 Å². The molecule has 0 fully saturated rings. The summed E-state index contributed by atoms with van der Waals surface area (Å²) in [5, 5.41) is 10.4. The molecule has 4 aromatic rings. The molecule has 0 atom stereocenters. The molecule has 0 saturated carbocycles. The molecule has 0 aliphatic heterocycles. The van der Waals surface area contributed by atoms with E-state index >= 15 is 0 Å². The molecule has 0 saturated heterocycles. The number of amides is 1. The fraction of sp³-hybridized carbons (Fsp3) is 0.227. The zero-order valence-electron chi connectivity index (χ0n) is 17.4. The van der Waals surface area contributed by atoms with Crippen LogP contribution in [0.3, 0.4) is 0 Å². The first kappa shape index (κ1) is 22.3. The third kappa shape index (κ3) is 5.30. The maximum atomic E-state index is 13.1. The normalized spacial score (nSPS) is 11.5. The summed E-state index contributed by atoms with van der Waals surface area (Å²) >= 11 is 0. The third-order valence-corrected chi connectivity index (χ3v) is 4.78. The van der Waals surface area contributed by atoms with Crippen molar-refractivity contribution in [1.29, 1.82) is 0 Å². The van der Waals surface area contributed by atoms with Gasteiger partial charge < -0.3 is 9.73 Å². The number of nitrogens with one attached hydrogen (secondary N) is 1. The van der Waals surface area contributed by atoms with Crippen molar-refractivity contribution in [1.82, 2.24) is 19.6 Å². The van der Waals surface area contributed by atoms with Crippen LogP contribution >= 0.6 is 0 Å². The van der Waals surface area contributed by atoms with Gasteiger partial charge in [-0.15, -0.1) is 0 Å². The van der Waals surface area contributed by atoms with Gasteiger partial charge in [-0.2, -0.15) is 10.2 Å². The summed E-state index contributed by atoms with van der Waals surface area (Å²) < 4.78 is 59.7. The Kier molecular flexibility index (Phi) is 6.29. The zero-order chi connectivity index (χ0) is 23.5. The summed E-state index contributed by atoms with van der Waals surface area (Å²) in [5.74, 6) is -0.266. The Bertz CT molecular complexity index is 1260. The van der Waals surface area contributed by atoms with Gasteiger partial charge in [-0.05, 0) is 30.7 Å². The van der Waals surface area contributed by atoms with Crippen LogP contribution in [0.2, 0.25) is 0 Å². The summed E-state index contributed by atoms with van der Waals surface area (Å²) in [7, 11) is 0. The van der Waals surface area contributed by atoms with E-state index in [-0.39, 0.29) is 18.1 Å². The highest BCUT2D eigenvalue weighted by molar-refractivity contribution is 6.01. The summed E-state index contributed by atoms with van der Waals surface area (Å²) in [4.78, 5) is 12.5. The predicted octanol–water partition coefficient (Wildman–Crippen LogP) is 5.21. The first-order valence-electron chi connectivity index (χ1n) is 9.91. The van der Waals surface area contributed by atoms with Crippen LogP contribution in [0.4, 0.5) is 23.4 Å². The molecule has 0 radical (unpaired) electrons. The number of carbonyl (C=O) groups excluding carboxylic acids is 1. The number of hydrogen-bond acceptors (Lipinski definition) is 4. The monoisotopic (exact) mass is 461 g/mol. The number of nitrogens with zero attached hydrogens (tertiary/aromatic N) is 4. The van der Waals surface area contributed by atoms with Crippen molar-refractivity contribution in [3.63, 3.8) is 0 Å². The number of aromatic nitrogens is 4. The van der Waals surface area contributed by atoms with Crippen molar-refractivity contribution in [2.75, 3.05) is 5.32 Å². The van der Waals surface area contributed by atoms with Crippen molar-refractivity contribution in [2.24, 2.45) is 0 Å². The van der Waals surface area contributed by atoms with Crippen LogP contribution < -0.4 is 5.32 Å². The highest BCUT2D eigenvalue weighted by Crippen LogP contribution is 2.26. The number of hydrogen-bond donors (Lipinski definition) is 1. The van der Waals surface area contributed by atoms with E-state index in [1.54, 1.807) is 16.9 Å². The molecule has 11 heteroatoms. The number of halogens is 4. The Morgan fingerprint density at radius 3 is 2.58 bits per heavy atom. The summed E-state index contributed by atoms with van der Waals surface area (Å²) in [6.45, 7) is 2.19. The van der Waals surface area contributed by atoms with E-state index in [9.17, 15) is 22.4 Å². The van der Waals surface area contributed by atoms with E-state index in [1.807, 2.05) is 31.2 Å². The Hall–Kier alpha value is -3.89. The molecular formula is C22H19F4N5O2. The zero-order valence-corrected chi connectivity index (χ0v) is 17.4. The van der Waals surface area contributed by atoms with E-state index in [1.165, 1.54) is 12.1 Å². The molecule has 0 aliphatic rings. The second-order valence-corrected chi connectivity index (χ2v) is 7.36. The molecular weight excluding hydrogens is 442 g/mol. The van der Waals surface area contributed by atoms with Crippen molar-refractivity contribution in [3.05, 3.63) is 88.8 Å². The SMILES string of the molecule is Cc1cccc(Cn2ccc(NC(=O)c3ccc(Cn4nc(C(F)F)cc4C(F)F)o3)n2)c1. The van der Waals surface area contributed by atoms with Gasteiger partial charge in [0.05, 0.1) is 13.1 Å². The molecule has 0 spiro atoms. The van der Waals surface area contributed by atoms with Crippen LogP contribution in [0.1, 0.15) is 51.7 Å². The quantitative estimate of drug-likeness (QED) is 0.366. The second-order valence-electron chi connectivity index (χ2n) is 7.36. The molecule has 1 N–H and O–H groups in total. The van der Waals surface area contributed by atoms with Gasteiger partial charge in [0.15, 0.2) is 11.6 Å². The maximum absolute atomic E-state index is 13.1. The van der Waals surface area contributed by atoms with Crippen LogP contribution in [-0.2, 0) is 13.1 Å². The van der Waals surface area contributed by atoms with Gasteiger partial charge in [0.25, 0.3) is 18.8 Å². The Morgan fingerprint density at radius 1 is 1.03 bits per heavy atom. The van der Waals surface area contributed by atoms with Gasteiger partial charge in [0.1, 0.15) is 17.1 Å². The highest BCUT2D eigenvalue weighted by atomic mass is 19.3. The number of aryl methyl sites for hydroxylation is 1. The van der Waals surface area contributed by atoms with Gasteiger partial charge >= 0.3 is 0 Å². The topological polar surface area (TPSA) is 77.9 Å². The number of furan rings is 1. The second kappa shape index (κ2) is 9.31. The van der Waals surface area contributed by atoms with E-state index in [4.69, 9.17) is 4.42 Å². The minimum absolute atomic E-state index is 0.0851. The molecule has 33 heavy (non-hydrogen) atoms. The molecule has 7 nitrogen and oxygen atoms in total. The van der Waals surface area contributed by atoms with Gasteiger partial charge in [0.2, 0.25) is 0 Å². The Morgan fingerprint density at radius 2 is 1.85 bits per heavy atom. The van der Waals surface area contributed by atoms with Crippen LogP contribution in [0, 0.1) is 6.92 Å². The average molecular weight is 461 g/mol. The lowest BCUT2D eigenvalue weighted by Gasteiger charge is -2.04. The van der Waals surface area contributed by atoms with E-state index in [0.29, 0.717) is 18.4 Å². The molecule has 4 rings (SSSR count). The summed E-state index contributed by atoms with van der Waals surface area (Å²) in [6.07, 6.45) is -4.25. The summed E-state index contributed by atoms with van der Waals surface area (Å²) in [5.41, 5.74) is 0.773. The number of benzene rings is 1. The first-order valence-corrected chi connectivity index (χ1v) is 9.91. The molecule has 172 valence electrons. The minimum atomic E-state index is -2.99. The smallest absolute Gasteiger partial charge is 0.292 e. The number of anilines is 1. The van der Waals surface area contributed by atoms with E-state index < -0.39 is 30.1 Å². The number of rotatable bonds is 8. The number of carbonyl (C=O) groups is 1. The first-order chi connectivity index (χ1) is 15.8. The average Bonchev–Trinajstić information content (AvgIpc) is 3.48. The highest BCUT2D eigenvalue weighted by Gasteiger charge is 2.22. The van der Waals surface area contributed by atoms with Crippen molar-refractivity contribution in [3.8, 4) is 0 Å². The van der Waals surface area contributed by atoms with Crippen LogP contribution in [0.25, 0.3) is 0 Å². The fourth-order valence-electron chi connectivity index (χ4n) is 3.29. The molecule has 0 bridgehead atoms. The molecule has 0 aliphatic carbocycles. The lowest BCUT2D eigenvalue weighted by Crippen LogP contribution is -2.12. The maximum Gasteiger partial charge on any atom is 0.292 e. The lowest BCUT2D eigenvalue weighted by atomic mass is 10.1. The summed E-state index contributed by atoms with van der Waals surface area (Å²) in [6, 6.07) is 13.0. The number of alkyl halides is 4. The van der Waals surface area contributed by atoms with Gasteiger partial charge in [0, 0.05) is 12.3 Å². The van der Waals surface area contributed by atoms with Crippen molar-refractivity contribution in [2.45, 2.75) is 32.9 Å². The Balaban J connectivity index is 1.41. The third-order valence-electron chi connectivity index (χ3n) is 4.78. The van der Waals surface area contributed by atoms with E-state index in [2.05, 4.69) is 15.5 Å². The fourth-order valence-corrected chi connectivity index (χ4v) is 3.29. The van der Waals surface area contributed by atoms with Crippen LogP contribution in [-0.4, -0.2) is 25.5 Å². The van der Waals surface area contributed by atoms with Crippen molar-refractivity contribution < 1.29 is 26.8 Å². The minimum Gasteiger partial charge on any atom is -0.454 e. The predicted molar refractivity (Wildman–Crippen MR) is 110 cm³/mol. The molecule has 3 heterocycles.